The van der Waals surface area contributed by atoms with E-state index >= 15 is 0 Å². The van der Waals surface area contributed by atoms with Crippen molar-refractivity contribution in [3.63, 3.8) is 0 Å². The molecule has 0 radical (unpaired) electrons. The number of fused-ring (bicyclic) bond motifs is 1. The molecule has 0 bridgehead atoms. The van der Waals surface area contributed by atoms with Gasteiger partial charge in [0.15, 0.2) is 0 Å². The van der Waals surface area contributed by atoms with E-state index in [2.05, 4.69) is 20.9 Å². The molecule has 0 aliphatic heterocycles. The van der Waals surface area contributed by atoms with Crippen molar-refractivity contribution in [3.05, 3.63) is 69.8 Å². The van der Waals surface area contributed by atoms with E-state index in [9.17, 15) is 4.79 Å². The smallest absolute Gasteiger partial charge is 0.258 e. The molecule has 0 fully saturated rings. The van der Waals surface area contributed by atoms with Gasteiger partial charge in [0.05, 0.1) is 11.1 Å². The number of aromatic nitrogens is 1. The highest BCUT2D eigenvalue weighted by Crippen LogP contribution is 2.26. The summed E-state index contributed by atoms with van der Waals surface area (Å²) in [5, 5.41) is 0.879. The Morgan fingerprint density at radius 1 is 1.09 bits per heavy atom. The Hall–Kier alpha value is -2.20. The quantitative estimate of drug-likeness (QED) is 0.644. The van der Waals surface area contributed by atoms with E-state index in [0.717, 1.165) is 32.3 Å². The molecule has 0 aliphatic rings. The molecule has 3 nitrogen and oxygen atoms in total. The highest BCUT2D eigenvalue weighted by molar-refractivity contribution is 9.10. The van der Waals surface area contributed by atoms with E-state index in [-0.39, 0.29) is 5.91 Å². The molecular weight excluding hydrogens is 352 g/mol. The van der Waals surface area contributed by atoms with Crippen molar-refractivity contribution < 1.29 is 4.79 Å². The maximum absolute atomic E-state index is 13.0. The highest BCUT2D eigenvalue weighted by Gasteiger charge is 2.18. The van der Waals surface area contributed by atoms with Crippen LogP contribution in [0.25, 0.3) is 10.9 Å². The first-order chi connectivity index (χ1) is 11.0. The number of carbonyl (C=O) groups excluding carboxylic acids is 1. The summed E-state index contributed by atoms with van der Waals surface area (Å²) >= 11 is 3.46. The molecule has 2 aromatic carbocycles. The lowest BCUT2D eigenvalue weighted by Crippen LogP contribution is -2.27. The maximum atomic E-state index is 13.0. The molecular formula is C19H17BrN2O. The summed E-state index contributed by atoms with van der Waals surface area (Å²) in [6, 6.07) is 15.5. The van der Waals surface area contributed by atoms with Gasteiger partial charge in [0, 0.05) is 28.3 Å². The predicted octanol–water partition coefficient (Wildman–Crippen LogP) is 4.89. The molecule has 0 spiro atoms. The number of para-hydroxylation sites is 1. The second-order valence-electron chi connectivity index (χ2n) is 5.62. The van der Waals surface area contributed by atoms with E-state index in [4.69, 9.17) is 0 Å². The number of hydrogen-bond acceptors (Lipinski definition) is 2. The number of nitrogens with zero attached hydrogens (tertiary/aromatic N) is 2. The highest BCUT2D eigenvalue weighted by atomic mass is 79.9. The Morgan fingerprint density at radius 3 is 2.57 bits per heavy atom. The van der Waals surface area contributed by atoms with Crippen molar-refractivity contribution in [2.75, 3.05) is 11.9 Å². The molecule has 116 valence electrons. The average Bonchev–Trinajstić information content (AvgIpc) is 2.52. The summed E-state index contributed by atoms with van der Waals surface area (Å²) in [7, 11) is 1.81. The van der Waals surface area contributed by atoms with Crippen LogP contribution in [0.2, 0.25) is 0 Å². The van der Waals surface area contributed by atoms with Crippen LogP contribution in [-0.4, -0.2) is 17.9 Å². The zero-order valence-electron chi connectivity index (χ0n) is 13.3. The largest absolute Gasteiger partial charge is 0.311 e. The zero-order valence-corrected chi connectivity index (χ0v) is 14.9. The monoisotopic (exact) mass is 368 g/mol. The Morgan fingerprint density at radius 2 is 1.83 bits per heavy atom. The van der Waals surface area contributed by atoms with Gasteiger partial charge in [0.1, 0.15) is 0 Å². The number of anilines is 1. The van der Waals surface area contributed by atoms with Gasteiger partial charge >= 0.3 is 0 Å². The lowest BCUT2D eigenvalue weighted by molar-refractivity contribution is 0.0994. The molecule has 0 atom stereocenters. The van der Waals surface area contributed by atoms with Gasteiger partial charge < -0.3 is 4.90 Å². The van der Waals surface area contributed by atoms with Crippen LogP contribution in [0.3, 0.4) is 0 Å². The van der Waals surface area contributed by atoms with E-state index in [1.54, 1.807) is 4.90 Å². The maximum Gasteiger partial charge on any atom is 0.258 e. The van der Waals surface area contributed by atoms with Gasteiger partial charge in [-0.1, -0.05) is 34.1 Å². The Bertz CT molecular complexity index is 905. The minimum absolute atomic E-state index is 0.0304. The first-order valence-electron chi connectivity index (χ1n) is 7.38. The fourth-order valence-corrected chi connectivity index (χ4v) is 3.25. The third-order valence-electron chi connectivity index (χ3n) is 3.90. The van der Waals surface area contributed by atoms with Crippen LogP contribution in [0.1, 0.15) is 21.6 Å². The molecule has 1 heterocycles. The Kier molecular flexibility index (Phi) is 4.18. The number of pyridine rings is 1. The van der Waals surface area contributed by atoms with E-state index < -0.39 is 0 Å². The normalized spacial score (nSPS) is 10.8. The molecule has 3 rings (SSSR count). The molecule has 0 N–H and O–H groups in total. The van der Waals surface area contributed by atoms with Gasteiger partial charge in [-0.2, -0.15) is 0 Å². The number of aryl methyl sites for hydroxylation is 2. The first kappa shape index (κ1) is 15.7. The van der Waals surface area contributed by atoms with Crippen LogP contribution >= 0.6 is 15.9 Å². The minimum atomic E-state index is -0.0304. The molecule has 1 amide bonds. The van der Waals surface area contributed by atoms with E-state index in [1.165, 1.54) is 0 Å². The molecule has 0 saturated carbocycles. The molecule has 0 unspecified atom stereocenters. The summed E-state index contributed by atoms with van der Waals surface area (Å²) in [6.45, 7) is 3.91. The second-order valence-corrected chi connectivity index (χ2v) is 6.54. The lowest BCUT2D eigenvalue weighted by atomic mass is 10.1. The van der Waals surface area contributed by atoms with Crippen molar-refractivity contribution in [2.45, 2.75) is 13.8 Å². The zero-order chi connectivity index (χ0) is 16.6. The van der Waals surface area contributed by atoms with Crippen molar-refractivity contribution in [2.24, 2.45) is 0 Å². The van der Waals surface area contributed by atoms with Crippen LogP contribution in [0, 0.1) is 13.8 Å². The Balaban J connectivity index is 2.09. The number of halogens is 1. The van der Waals surface area contributed by atoms with E-state index in [0.29, 0.717) is 5.56 Å². The lowest BCUT2D eigenvalue weighted by Gasteiger charge is -2.21. The molecule has 0 saturated heterocycles. The van der Waals surface area contributed by atoms with Gasteiger partial charge in [-0.3, -0.25) is 9.78 Å². The number of amides is 1. The summed E-state index contributed by atoms with van der Waals surface area (Å²) in [4.78, 5) is 19.2. The molecule has 23 heavy (non-hydrogen) atoms. The van der Waals surface area contributed by atoms with Crippen LogP contribution in [0.4, 0.5) is 5.69 Å². The van der Waals surface area contributed by atoms with E-state index in [1.807, 2.05) is 69.4 Å². The third kappa shape index (κ3) is 2.99. The number of carbonyl (C=O) groups is 1. The molecule has 4 heteroatoms. The number of hydrogen-bond donors (Lipinski definition) is 0. The van der Waals surface area contributed by atoms with Gasteiger partial charge in [0.25, 0.3) is 5.91 Å². The van der Waals surface area contributed by atoms with Crippen molar-refractivity contribution in [1.82, 2.24) is 4.98 Å². The minimum Gasteiger partial charge on any atom is -0.311 e. The first-order valence-corrected chi connectivity index (χ1v) is 8.17. The molecule has 1 aromatic heterocycles. The summed E-state index contributed by atoms with van der Waals surface area (Å²) < 4.78 is 1.00. The van der Waals surface area contributed by atoms with Gasteiger partial charge in [-0.15, -0.1) is 0 Å². The van der Waals surface area contributed by atoms with Crippen LogP contribution in [0.15, 0.2) is 53.0 Å². The topological polar surface area (TPSA) is 33.2 Å². The van der Waals surface area contributed by atoms with Crippen molar-refractivity contribution in [3.8, 4) is 0 Å². The van der Waals surface area contributed by atoms with Gasteiger partial charge in [-0.05, 0) is 49.7 Å². The average molecular weight is 369 g/mol. The van der Waals surface area contributed by atoms with Crippen molar-refractivity contribution in [1.29, 1.82) is 0 Å². The predicted molar refractivity (Wildman–Crippen MR) is 98.1 cm³/mol. The van der Waals surface area contributed by atoms with Gasteiger partial charge in [-0.25, -0.2) is 0 Å². The third-order valence-corrected chi connectivity index (χ3v) is 4.39. The standard InChI is InChI=1S/C19H17BrN2O/c1-12-10-14(20)8-9-18(12)22(3)19(23)16-11-13(2)21-17-7-5-4-6-15(16)17/h4-11H,1-3H3. The Labute approximate surface area is 144 Å². The van der Waals surface area contributed by atoms with Gasteiger partial charge in [0.2, 0.25) is 0 Å². The SMILES string of the molecule is Cc1cc(C(=O)N(C)c2ccc(Br)cc2C)c2ccccc2n1. The van der Waals surface area contributed by atoms with Crippen molar-refractivity contribution >= 4 is 38.4 Å². The second kappa shape index (κ2) is 6.13. The number of rotatable bonds is 2. The molecule has 0 aliphatic carbocycles. The number of benzene rings is 2. The fraction of sp³-hybridized carbons (Fsp3) is 0.158. The molecule has 3 aromatic rings. The van der Waals surface area contributed by atoms with Crippen LogP contribution in [-0.2, 0) is 0 Å². The van der Waals surface area contributed by atoms with Crippen LogP contribution < -0.4 is 4.90 Å². The summed E-state index contributed by atoms with van der Waals surface area (Å²) in [5.74, 6) is -0.0304. The summed E-state index contributed by atoms with van der Waals surface area (Å²) in [5.41, 5.74) is 4.31. The van der Waals surface area contributed by atoms with Crippen LogP contribution in [0.5, 0.6) is 0 Å². The fourth-order valence-electron chi connectivity index (χ4n) is 2.77. The summed E-state index contributed by atoms with van der Waals surface area (Å²) in [6.07, 6.45) is 0.